The molecule has 34 heavy (non-hydrogen) atoms. The maximum atomic E-state index is 11.6. The van der Waals surface area contributed by atoms with Crippen LogP contribution < -0.4 is 20.9 Å². The fourth-order valence-electron chi connectivity index (χ4n) is 3.95. The molecule has 8 nitrogen and oxygen atoms in total. The number of rotatable bonds is 5. The van der Waals surface area contributed by atoms with Crippen molar-refractivity contribution < 1.29 is 4.79 Å². The predicted molar refractivity (Wildman–Crippen MR) is 135 cm³/mol. The summed E-state index contributed by atoms with van der Waals surface area (Å²) in [6.07, 6.45) is 8.77. The van der Waals surface area contributed by atoms with Gasteiger partial charge in [-0.2, -0.15) is 0 Å². The number of nitrogens with zero attached hydrogens (tertiary/aromatic N) is 4. The number of anilines is 4. The summed E-state index contributed by atoms with van der Waals surface area (Å²) < 4.78 is 0. The van der Waals surface area contributed by atoms with Crippen molar-refractivity contribution >= 4 is 40.0 Å². The number of terminal acetylenes is 1. The number of fused-ring (bicyclic) bond motifs is 1. The van der Waals surface area contributed by atoms with E-state index in [4.69, 9.17) is 11.4 Å². The van der Waals surface area contributed by atoms with Crippen LogP contribution in [0.2, 0.25) is 0 Å². The van der Waals surface area contributed by atoms with Gasteiger partial charge in [-0.25, -0.2) is 15.0 Å². The first-order valence-electron chi connectivity index (χ1n) is 11.0. The van der Waals surface area contributed by atoms with Crippen molar-refractivity contribution in [2.45, 2.75) is 0 Å². The Bertz CT molecular complexity index is 1370. The highest BCUT2D eigenvalue weighted by Gasteiger charge is 2.12. The molecule has 0 atom stereocenters. The van der Waals surface area contributed by atoms with Gasteiger partial charge in [-0.05, 0) is 35.7 Å². The van der Waals surface area contributed by atoms with Crippen LogP contribution >= 0.6 is 0 Å². The van der Waals surface area contributed by atoms with Crippen LogP contribution in [-0.4, -0.2) is 47.0 Å². The van der Waals surface area contributed by atoms with E-state index in [1.54, 1.807) is 18.5 Å². The second kappa shape index (κ2) is 9.57. The predicted octanol–water partition coefficient (Wildman–Crippen LogP) is 3.42. The minimum Gasteiger partial charge on any atom is -0.354 e. The Kier molecular flexibility index (Phi) is 6.01. The van der Waals surface area contributed by atoms with E-state index < -0.39 is 5.91 Å². The van der Waals surface area contributed by atoms with Crippen LogP contribution in [0.25, 0.3) is 22.0 Å². The molecule has 3 heterocycles. The van der Waals surface area contributed by atoms with Gasteiger partial charge in [0, 0.05) is 49.0 Å². The molecule has 2 aromatic heterocycles. The minimum atomic E-state index is -0.486. The molecule has 0 aliphatic carbocycles. The highest BCUT2D eigenvalue weighted by atomic mass is 16.1. The van der Waals surface area contributed by atoms with Crippen LogP contribution in [0.5, 0.6) is 0 Å². The van der Waals surface area contributed by atoms with E-state index in [0.717, 1.165) is 59.7 Å². The Morgan fingerprint density at radius 3 is 2.65 bits per heavy atom. The number of carbonyl (C=O) groups is 1. The zero-order valence-electron chi connectivity index (χ0n) is 18.5. The zero-order chi connectivity index (χ0) is 23.3. The molecule has 0 radical (unpaired) electrons. The first-order valence-corrected chi connectivity index (χ1v) is 11.0. The number of nitrogens with one attached hydrogen (secondary N) is 3. The highest BCUT2D eigenvalue weighted by Crippen LogP contribution is 2.30. The molecule has 5 rings (SSSR count). The lowest BCUT2D eigenvalue weighted by Gasteiger charge is -2.28. The third kappa shape index (κ3) is 4.65. The van der Waals surface area contributed by atoms with Crippen molar-refractivity contribution in [1.29, 1.82) is 0 Å². The zero-order valence-corrected chi connectivity index (χ0v) is 18.5. The average Bonchev–Trinajstić information content (AvgIpc) is 2.89. The Balaban J connectivity index is 1.41. The lowest BCUT2D eigenvalue weighted by atomic mass is 10.0. The SMILES string of the molecule is C#CC(=O)Nc1cccc(-c2cccc3cnc(Nc4ccc(N5CCNCC5)nc4)nc23)c1. The van der Waals surface area contributed by atoms with Crippen LogP contribution in [0.4, 0.5) is 23.1 Å². The van der Waals surface area contributed by atoms with Crippen LogP contribution in [0, 0.1) is 12.3 Å². The van der Waals surface area contributed by atoms with Crippen molar-refractivity contribution in [3.63, 3.8) is 0 Å². The van der Waals surface area contributed by atoms with Gasteiger partial charge in [0.05, 0.1) is 17.4 Å². The van der Waals surface area contributed by atoms with Gasteiger partial charge in [0.25, 0.3) is 5.91 Å². The largest absolute Gasteiger partial charge is 0.354 e. The number of hydrogen-bond donors (Lipinski definition) is 3. The smallest absolute Gasteiger partial charge is 0.300 e. The Hall–Kier alpha value is -4.48. The van der Waals surface area contributed by atoms with Crippen molar-refractivity contribution in [2.75, 3.05) is 41.7 Å². The normalized spacial score (nSPS) is 13.3. The fourth-order valence-corrected chi connectivity index (χ4v) is 3.95. The van der Waals surface area contributed by atoms with Gasteiger partial charge >= 0.3 is 0 Å². The number of hydrogen-bond acceptors (Lipinski definition) is 7. The molecule has 0 bridgehead atoms. The summed E-state index contributed by atoms with van der Waals surface area (Å²) in [6.45, 7) is 3.83. The molecule has 1 aliphatic heterocycles. The number of aromatic nitrogens is 3. The van der Waals surface area contributed by atoms with E-state index in [2.05, 4.69) is 36.7 Å². The Morgan fingerprint density at radius 2 is 1.85 bits per heavy atom. The monoisotopic (exact) mass is 449 g/mol. The molecule has 1 amide bonds. The quantitative estimate of drug-likeness (QED) is 0.402. The summed E-state index contributed by atoms with van der Waals surface area (Å²) in [5, 5.41) is 10.2. The third-order valence-electron chi connectivity index (χ3n) is 5.62. The maximum absolute atomic E-state index is 11.6. The van der Waals surface area contributed by atoms with E-state index in [1.165, 1.54) is 0 Å². The summed E-state index contributed by atoms with van der Waals surface area (Å²) in [5.41, 5.74) is 4.07. The van der Waals surface area contributed by atoms with Crippen molar-refractivity contribution in [3.05, 3.63) is 67.0 Å². The molecule has 0 spiro atoms. The first-order chi connectivity index (χ1) is 16.7. The van der Waals surface area contributed by atoms with E-state index in [-0.39, 0.29) is 0 Å². The lowest BCUT2D eigenvalue weighted by Crippen LogP contribution is -2.43. The standard InChI is InChI=1S/C26H23N7O/c1-2-24(34)30-20-7-3-5-18(15-20)22-8-4-6-19-16-29-26(32-25(19)22)31-21-9-10-23(28-17-21)33-13-11-27-12-14-33/h1,3-10,15-17,27H,11-14H2,(H,30,34)(H,29,31,32). The van der Waals surface area contributed by atoms with Gasteiger partial charge in [0.2, 0.25) is 5.95 Å². The molecule has 2 aromatic carbocycles. The summed E-state index contributed by atoms with van der Waals surface area (Å²) in [6, 6.07) is 17.4. The molecule has 1 aliphatic rings. The molecular weight excluding hydrogens is 426 g/mol. The maximum Gasteiger partial charge on any atom is 0.300 e. The second-order valence-electron chi connectivity index (χ2n) is 7.88. The molecular formula is C26H23N7O. The van der Waals surface area contributed by atoms with Crippen LogP contribution in [0.1, 0.15) is 0 Å². The van der Waals surface area contributed by atoms with E-state index in [1.807, 2.05) is 48.5 Å². The van der Waals surface area contributed by atoms with Gasteiger partial charge in [0.15, 0.2) is 0 Å². The molecule has 4 aromatic rings. The lowest BCUT2D eigenvalue weighted by molar-refractivity contribution is -0.111. The van der Waals surface area contributed by atoms with Crippen molar-refractivity contribution in [3.8, 4) is 23.5 Å². The second-order valence-corrected chi connectivity index (χ2v) is 7.88. The Labute approximate surface area is 197 Å². The molecule has 3 N–H and O–H groups in total. The highest BCUT2D eigenvalue weighted by molar-refractivity contribution is 6.04. The first kappa shape index (κ1) is 21.4. The minimum absolute atomic E-state index is 0.480. The van der Waals surface area contributed by atoms with E-state index in [9.17, 15) is 4.79 Å². The summed E-state index contributed by atoms with van der Waals surface area (Å²) >= 11 is 0. The third-order valence-corrected chi connectivity index (χ3v) is 5.62. The van der Waals surface area contributed by atoms with Gasteiger partial charge in [-0.1, -0.05) is 30.3 Å². The number of pyridine rings is 1. The molecule has 1 saturated heterocycles. The number of para-hydroxylation sites is 1. The summed E-state index contributed by atoms with van der Waals surface area (Å²) in [4.78, 5) is 27.7. The van der Waals surface area contributed by atoms with Gasteiger partial charge < -0.3 is 20.9 Å². The van der Waals surface area contributed by atoms with Crippen molar-refractivity contribution in [1.82, 2.24) is 20.3 Å². The van der Waals surface area contributed by atoms with Crippen LogP contribution in [-0.2, 0) is 4.79 Å². The molecule has 1 fully saturated rings. The summed E-state index contributed by atoms with van der Waals surface area (Å²) in [7, 11) is 0. The van der Waals surface area contributed by atoms with E-state index in [0.29, 0.717) is 11.6 Å². The number of amides is 1. The number of piperazine rings is 1. The van der Waals surface area contributed by atoms with Crippen LogP contribution in [0.15, 0.2) is 67.0 Å². The van der Waals surface area contributed by atoms with Crippen LogP contribution in [0.3, 0.4) is 0 Å². The van der Waals surface area contributed by atoms with Crippen molar-refractivity contribution in [2.24, 2.45) is 0 Å². The Morgan fingerprint density at radius 1 is 1.00 bits per heavy atom. The molecule has 168 valence electrons. The molecule has 8 heteroatoms. The fraction of sp³-hybridized carbons (Fsp3) is 0.154. The number of carbonyl (C=O) groups excluding carboxylic acids is 1. The van der Waals surface area contributed by atoms with Gasteiger partial charge in [-0.3, -0.25) is 4.79 Å². The molecule has 0 saturated carbocycles. The van der Waals surface area contributed by atoms with E-state index >= 15 is 0 Å². The number of benzene rings is 2. The van der Waals surface area contributed by atoms with Gasteiger partial charge in [-0.15, -0.1) is 6.42 Å². The average molecular weight is 450 g/mol. The van der Waals surface area contributed by atoms with Gasteiger partial charge in [0.1, 0.15) is 5.82 Å². The molecule has 0 unspecified atom stereocenters. The summed E-state index contributed by atoms with van der Waals surface area (Å²) in [5.74, 6) is 3.02. The topological polar surface area (TPSA) is 95.1 Å².